The second-order valence-corrected chi connectivity index (χ2v) is 10.5. The lowest BCUT2D eigenvalue weighted by Crippen LogP contribution is -2.29. The minimum Gasteiger partial charge on any atom is -0.544 e. The first-order chi connectivity index (χ1) is 8.01. The highest BCUT2D eigenvalue weighted by Crippen LogP contribution is 2.17. The summed E-state index contributed by atoms with van der Waals surface area (Å²) >= 11 is 2.37. The van der Waals surface area contributed by atoms with Gasteiger partial charge in [0.05, 0.1) is 6.61 Å². The van der Waals surface area contributed by atoms with Gasteiger partial charge in [0.15, 0.2) is 0 Å². The van der Waals surface area contributed by atoms with E-state index in [-0.39, 0.29) is 0 Å². The first-order valence-electron chi connectivity index (χ1n) is 5.93. The molecule has 0 aliphatic rings. The van der Waals surface area contributed by atoms with Crippen LogP contribution in [0.2, 0.25) is 19.6 Å². The zero-order chi connectivity index (χ0) is 12.7. The Labute approximate surface area is 119 Å². The van der Waals surface area contributed by atoms with Crippen molar-refractivity contribution >= 4 is 30.9 Å². The molecule has 4 heteroatoms. The van der Waals surface area contributed by atoms with Crippen LogP contribution in [0.15, 0.2) is 24.3 Å². The number of hydrogen-bond acceptors (Lipinski definition) is 2. The zero-order valence-corrected chi connectivity index (χ0v) is 14.0. The highest BCUT2D eigenvalue weighted by molar-refractivity contribution is 14.1. The maximum Gasteiger partial charge on any atom is 0.242 e. The summed E-state index contributed by atoms with van der Waals surface area (Å²) in [5.74, 6) is 0.972. The molecule has 0 fully saturated rings. The molecule has 1 aromatic carbocycles. The maximum absolute atomic E-state index is 5.90. The number of benzene rings is 1. The fraction of sp³-hybridized carbons (Fsp3) is 0.538. The van der Waals surface area contributed by atoms with Crippen LogP contribution in [-0.4, -0.2) is 19.4 Å². The lowest BCUT2D eigenvalue weighted by molar-refractivity contribution is 0.122. The average molecular weight is 364 g/mol. The molecule has 0 aliphatic carbocycles. The Morgan fingerprint density at radius 1 is 1.12 bits per heavy atom. The summed E-state index contributed by atoms with van der Waals surface area (Å²) in [5, 5.41) is 0. The second-order valence-electron chi connectivity index (χ2n) is 4.95. The summed E-state index contributed by atoms with van der Waals surface area (Å²) in [6.07, 6.45) is 1.12. The normalized spacial score (nSPS) is 11.5. The molecule has 0 radical (unpaired) electrons. The predicted molar refractivity (Wildman–Crippen MR) is 83.6 cm³/mol. The molecular weight excluding hydrogens is 343 g/mol. The van der Waals surface area contributed by atoms with Crippen molar-refractivity contribution < 1.29 is 9.16 Å². The van der Waals surface area contributed by atoms with Crippen molar-refractivity contribution in [3.8, 4) is 5.75 Å². The summed E-state index contributed by atoms with van der Waals surface area (Å²) in [6.45, 7) is 8.11. The van der Waals surface area contributed by atoms with Gasteiger partial charge in [-0.15, -0.1) is 0 Å². The van der Waals surface area contributed by atoms with Crippen molar-refractivity contribution in [2.24, 2.45) is 0 Å². The first-order valence-corrected chi connectivity index (χ1v) is 10.9. The van der Waals surface area contributed by atoms with E-state index in [1.54, 1.807) is 0 Å². The van der Waals surface area contributed by atoms with Crippen molar-refractivity contribution in [2.75, 3.05) is 11.0 Å². The lowest BCUT2D eigenvalue weighted by Gasteiger charge is -2.19. The van der Waals surface area contributed by atoms with E-state index in [2.05, 4.69) is 54.4 Å². The van der Waals surface area contributed by atoms with Crippen molar-refractivity contribution in [3.63, 3.8) is 0 Å². The second kappa shape index (κ2) is 7.38. The molecule has 1 rings (SSSR count). The van der Waals surface area contributed by atoms with Crippen LogP contribution in [0.4, 0.5) is 0 Å². The molecule has 0 atom stereocenters. The minimum absolute atomic E-state index is 0.698. The molecule has 0 heterocycles. The SMILES string of the molecule is C[Si](C)(C)Oc1ccc(COCCCI)cc1. The van der Waals surface area contributed by atoms with E-state index in [0.717, 1.165) is 23.2 Å². The third-order valence-electron chi connectivity index (χ3n) is 2.04. The van der Waals surface area contributed by atoms with E-state index in [1.807, 2.05) is 12.1 Å². The molecule has 96 valence electrons. The fourth-order valence-electron chi connectivity index (χ4n) is 1.35. The van der Waals surface area contributed by atoms with Crippen LogP contribution in [0.5, 0.6) is 5.75 Å². The van der Waals surface area contributed by atoms with E-state index in [0.29, 0.717) is 6.61 Å². The highest BCUT2D eigenvalue weighted by atomic mass is 127. The van der Waals surface area contributed by atoms with Crippen molar-refractivity contribution in [1.82, 2.24) is 0 Å². The molecule has 2 nitrogen and oxygen atoms in total. The molecule has 0 aliphatic heterocycles. The Hall–Kier alpha value is -0.0731. The van der Waals surface area contributed by atoms with Gasteiger partial charge >= 0.3 is 0 Å². The predicted octanol–water partition coefficient (Wildman–Crippen LogP) is 4.24. The van der Waals surface area contributed by atoms with Crippen LogP contribution >= 0.6 is 22.6 Å². The van der Waals surface area contributed by atoms with Gasteiger partial charge in [0, 0.05) is 11.0 Å². The van der Waals surface area contributed by atoms with Crippen LogP contribution in [0, 0.1) is 0 Å². The van der Waals surface area contributed by atoms with Gasteiger partial charge < -0.3 is 9.16 Å². The van der Waals surface area contributed by atoms with Gasteiger partial charge in [-0.25, -0.2) is 0 Å². The van der Waals surface area contributed by atoms with Gasteiger partial charge in [0.25, 0.3) is 0 Å². The Balaban J connectivity index is 2.39. The van der Waals surface area contributed by atoms with E-state index < -0.39 is 8.32 Å². The summed E-state index contributed by atoms with van der Waals surface area (Å²) < 4.78 is 12.6. The van der Waals surface area contributed by atoms with E-state index in [9.17, 15) is 0 Å². The molecule has 0 saturated heterocycles. The molecule has 0 unspecified atom stereocenters. The topological polar surface area (TPSA) is 18.5 Å². The van der Waals surface area contributed by atoms with Gasteiger partial charge in [-0.1, -0.05) is 34.7 Å². The summed E-state index contributed by atoms with van der Waals surface area (Å²) in [5.41, 5.74) is 1.21. The zero-order valence-electron chi connectivity index (χ0n) is 10.8. The summed E-state index contributed by atoms with van der Waals surface area (Å²) in [6, 6.07) is 8.24. The Morgan fingerprint density at radius 3 is 2.29 bits per heavy atom. The fourth-order valence-corrected chi connectivity index (χ4v) is 2.51. The van der Waals surface area contributed by atoms with Crippen LogP contribution in [0.25, 0.3) is 0 Å². The van der Waals surface area contributed by atoms with Gasteiger partial charge in [-0.2, -0.15) is 0 Å². The third-order valence-corrected chi connectivity index (χ3v) is 3.65. The Morgan fingerprint density at radius 2 is 1.76 bits per heavy atom. The molecule has 0 spiro atoms. The van der Waals surface area contributed by atoms with Crippen molar-refractivity contribution in [3.05, 3.63) is 29.8 Å². The van der Waals surface area contributed by atoms with Crippen LogP contribution in [0.3, 0.4) is 0 Å². The lowest BCUT2D eigenvalue weighted by atomic mass is 10.2. The van der Waals surface area contributed by atoms with Crippen LogP contribution < -0.4 is 4.43 Å². The molecule has 0 N–H and O–H groups in total. The first kappa shape index (κ1) is 15.0. The minimum atomic E-state index is -1.48. The molecule has 1 aromatic rings. The number of halogens is 1. The van der Waals surface area contributed by atoms with Crippen LogP contribution in [0.1, 0.15) is 12.0 Å². The molecule has 0 saturated carbocycles. The molecular formula is C13H21IO2Si. The van der Waals surface area contributed by atoms with E-state index in [1.165, 1.54) is 5.56 Å². The number of hydrogen-bond donors (Lipinski definition) is 0. The van der Waals surface area contributed by atoms with Crippen molar-refractivity contribution in [2.45, 2.75) is 32.7 Å². The van der Waals surface area contributed by atoms with Gasteiger partial charge in [-0.05, 0) is 43.8 Å². The van der Waals surface area contributed by atoms with Gasteiger partial charge in [-0.3, -0.25) is 0 Å². The Kier molecular flexibility index (Phi) is 6.51. The van der Waals surface area contributed by atoms with Crippen molar-refractivity contribution in [1.29, 1.82) is 0 Å². The molecule has 0 aromatic heterocycles. The standard InChI is InChI=1S/C13H21IO2Si/c1-17(2,3)16-13-7-5-12(6-8-13)11-15-10-4-9-14/h5-8H,4,9-11H2,1-3H3. The maximum atomic E-state index is 5.90. The van der Waals surface area contributed by atoms with E-state index >= 15 is 0 Å². The molecule has 0 bridgehead atoms. The Bertz CT molecular complexity index is 319. The average Bonchev–Trinajstić information content (AvgIpc) is 2.25. The third kappa shape index (κ3) is 7.05. The monoisotopic (exact) mass is 364 g/mol. The largest absolute Gasteiger partial charge is 0.544 e. The summed E-state index contributed by atoms with van der Waals surface area (Å²) in [4.78, 5) is 0. The quantitative estimate of drug-likeness (QED) is 0.312. The molecule has 0 amide bonds. The number of rotatable bonds is 7. The molecule has 17 heavy (non-hydrogen) atoms. The highest BCUT2D eigenvalue weighted by Gasteiger charge is 2.15. The smallest absolute Gasteiger partial charge is 0.242 e. The van der Waals surface area contributed by atoms with Gasteiger partial charge in [0.1, 0.15) is 5.75 Å². The number of ether oxygens (including phenoxy) is 1. The van der Waals surface area contributed by atoms with Gasteiger partial charge in [0.2, 0.25) is 8.32 Å². The van der Waals surface area contributed by atoms with E-state index in [4.69, 9.17) is 9.16 Å². The number of alkyl halides is 1. The summed E-state index contributed by atoms with van der Waals surface area (Å²) in [7, 11) is -1.48. The van der Waals surface area contributed by atoms with Crippen LogP contribution in [-0.2, 0) is 11.3 Å².